The van der Waals surface area contributed by atoms with Gasteiger partial charge in [-0.05, 0) is 42.5 Å². The van der Waals surface area contributed by atoms with Gasteiger partial charge in [-0.1, -0.05) is 30.7 Å². The van der Waals surface area contributed by atoms with Gasteiger partial charge in [-0.3, -0.25) is 4.40 Å². The molecule has 4 heterocycles. The zero-order chi connectivity index (χ0) is 21.2. The van der Waals surface area contributed by atoms with E-state index in [0.717, 1.165) is 47.4 Å². The molecule has 0 aliphatic carbocycles. The Labute approximate surface area is 186 Å². The van der Waals surface area contributed by atoms with E-state index in [9.17, 15) is 0 Å². The number of aromatic nitrogens is 5. The van der Waals surface area contributed by atoms with Crippen molar-refractivity contribution in [1.29, 1.82) is 0 Å². The Morgan fingerprint density at radius 2 is 1.97 bits per heavy atom. The number of piperidine rings is 1. The second kappa shape index (κ2) is 8.51. The second-order valence-corrected chi connectivity index (χ2v) is 8.44. The molecule has 1 saturated heterocycles. The molecule has 1 N–H and O–H groups in total. The van der Waals surface area contributed by atoms with Crippen molar-refractivity contribution >= 4 is 29.0 Å². The van der Waals surface area contributed by atoms with Crippen molar-refractivity contribution in [2.45, 2.75) is 26.3 Å². The van der Waals surface area contributed by atoms with E-state index in [1.165, 1.54) is 12.8 Å². The molecule has 1 aliphatic heterocycles. The van der Waals surface area contributed by atoms with E-state index < -0.39 is 0 Å². The summed E-state index contributed by atoms with van der Waals surface area (Å²) >= 11 is 6.07. The van der Waals surface area contributed by atoms with E-state index in [4.69, 9.17) is 16.6 Å². The molecule has 0 spiro atoms. The van der Waals surface area contributed by atoms with Crippen molar-refractivity contribution in [2.24, 2.45) is 5.92 Å². The van der Waals surface area contributed by atoms with E-state index in [0.29, 0.717) is 17.5 Å². The smallest absolute Gasteiger partial charge is 0.223 e. The van der Waals surface area contributed by atoms with Crippen LogP contribution < -0.4 is 10.2 Å². The number of hydrogen-bond donors (Lipinski definition) is 1. The van der Waals surface area contributed by atoms with Gasteiger partial charge in [0.05, 0.1) is 17.6 Å². The molecule has 5 rings (SSSR count). The number of anilines is 2. The molecule has 1 aliphatic rings. The molecule has 7 nitrogen and oxygen atoms in total. The molecule has 0 bridgehead atoms. The summed E-state index contributed by atoms with van der Waals surface area (Å²) in [4.78, 5) is 20.7. The van der Waals surface area contributed by atoms with Crippen LogP contribution in [0.1, 0.15) is 25.3 Å². The normalized spacial score (nSPS) is 14.8. The van der Waals surface area contributed by atoms with Gasteiger partial charge < -0.3 is 10.2 Å². The van der Waals surface area contributed by atoms with E-state index in [1.807, 2.05) is 48.9 Å². The maximum Gasteiger partial charge on any atom is 0.223 e. The summed E-state index contributed by atoms with van der Waals surface area (Å²) in [6.07, 6.45) is 9.76. The maximum atomic E-state index is 6.07. The van der Waals surface area contributed by atoms with Crippen LogP contribution in [0.3, 0.4) is 0 Å². The summed E-state index contributed by atoms with van der Waals surface area (Å²) in [6, 6.07) is 9.64. The number of nitrogens with one attached hydrogen (secondary N) is 1. The lowest BCUT2D eigenvalue weighted by Gasteiger charge is -2.31. The monoisotopic (exact) mass is 433 g/mol. The lowest BCUT2D eigenvalue weighted by molar-refractivity contribution is 0.437. The number of benzene rings is 1. The average molecular weight is 434 g/mol. The highest BCUT2D eigenvalue weighted by Crippen LogP contribution is 2.27. The van der Waals surface area contributed by atoms with Crippen molar-refractivity contribution in [1.82, 2.24) is 24.3 Å². The highest BCUT2D eigenvalue weighted by atomic mass is 35.5. The molecular formula is C23H24ClN7. The van der Waals surface area contributed by atoms with E-state index >= 15 is 0 Å². The van der Waals surface area contributed by atoms with Crippen LogP contribution in [0.4, 0.5) is 11.8 Å². The molecule has 1 fully saturated rings. The highest BCUT2D eigenvalue weighted by Gasteiger charge is 2.21. The first-order valence-corrected chi connectivity index (χ1v) is 10.9. The second-order valence-electron chi connectivity index (χ2n) is 8.01. The first kappa shape index (κ1) is 19.8. The highest BCUT2D eigenvalue weighted by molar-refractivity contribution is 6.30. The fraction of sp³-hybridized carbons (Fsp3) is 0.304. The maximum absolute atomic E-state index is 6.07. The number of fused-ring (bicyclic) bond motifs is 1. The lowest BCUT2D eigenvalue weighted by Crippen LogP contribution is -2.33. The molecule has 0 radical (unpaired) electrons. The number of nitrogens with zero attached hydrogens (tertiary/aromatic N) is 6. The molecular weight excluding hydrogens is 410 g/mol. The Kier molecular flexibility index (Phi) is 5.42. The Morgan fingerprint density at radius 1 is 1.10 bits per heavy atom. The summed E-state index contributed by atoms with van der Waals surface area (Å²) < 4.78 is 2.06. The minimum atomic E-state index is 0.562. The summed E-state index contributed by atoms with van der Waals surface area (Å²) in [5.74, 6) is 2.27. The standard InChI is InChI=1S/C23H24ClN7/c1-16-6-10-30(11-7-16)21-22-27-15-20(31(22)12-9-25-21)19-5-8-26-23(29-19)28-14-17-3-2-4-18(24)13-17/h2-5,8-9,12-13,15-16H,6-7,10-11,14H2,1H3,(H,26,28,29). The molecule has 0 saturated carbocycles. The average Bonchev–Trinajstić information content (AvgIpc) is 3.23. The molecule has 1 aromatic carbocycles. The van der Waals surface area contributed by atoms with Gasteiger partial charge >= 0.3 is 0 Å². The molecule has 31 heavy (non-hydrogen) atoms. The topological polar surface area (TPSA) is 71.2 Å². The van der Waals surface area contributed by atoms with Crippen molar-refractivity contribution in [3.8, 4) is 11.4 Å². The molecule has 0 atom stereocenters. The van der Waals surface area contributed by atoms with Gasteiger partial charge in [0.25, 0.3) is 0 Å². The van der Waals surface area contributed by atoms with Crippen LogP contribution in [-0.4, -0.2) is 37.4 Å². The first-order chi connectivity index (χ1) is 15.2. The van der Waals surface area contributed by atoms with Gasteiger partial charge in [0.1, 0.15) is 0 Å². The number of rotatable bonds is 5. The van der Waals surface area contributed by atoms with Crippen LogP contribution in [0, 0.1) is 5.92 Å². The van der Waals surface area contributed by atoms with Crippen LogP contribution >= 0.6 is 11.6 Å². The van der Waals surface area contributed by atoms with Gasteiger partial charge in [0.2, 0.25) is 5.95 Å². The molecule has 0 unspecified atom stereocenters. The minimum absolute atomic E-state index is 0.562. The van der Waals surface area contributed by atoms with Crippen molar-refractivity contribution < 1.29 is 0 Å². The van der Waals surface area contributed by atoms with Crippen LogP contribution in [0.5, 0.6) is 0 Å². The predicted octanol–water partition coefficient (Wildman–Crippen LogP) is 4.69. The van der Waals surface area contributed by atoms with E-state index in [2.05, 4.69) is 36.5 Å². The SMILES string of the molecule is CC1CCN(c2nccn3c(-c4ccnc(NCc5cccc(Cl)c5)n4)cnc23)CC1. The molecule has 158 valence electrons. The Bertz CT molecular complexity index is 1200. The van der Waals surface area contributed by atoms with Crippen molar-refractivity contribution in [2.75, 3.05) is 23.3 Å². The van der Waals surface area contributed by atoms with Crippen LogP contribution in [0.25, 0.3) is 17.0 Å². The Morgan fingerprint density at radius 3 is 2.81 bits per heavy atom. The van der Waals surface area contributed by atoms with Gasteiger partial charge in [-0.25, -0.2) is 19.9 Å². The number of hydrogen-bond acceptors (Lipinski definition) is 6. The third-order valence-electron chi connectivity index (χ3n) is 5.75. The van der Waals surface area contributed by atoms with Crippen LogP contribution in [-0.2, 0) is 6.54 Å². The summed E-state index contributed by atoms with van der Waals surface area (Å²) in [5, 5.41) is 3.99. The minimum Gasteiger partial charge on any atom is -0.354 e. The Hall–Kier alpha value is -3.19. The summed E-state index contributed by atoms with van der Waals surface area (Å²) in [6.45, 7) is 4.94. The molecule has 0 amide bonds. The van der Waals surface area contributed by atoms with Gasteiger partial charge in [0.15, 0.2) is 11.5 Å². The first-order valence-electron chi connectivity index (χ1n) is 10.6. The lowest BCUT2D eigenvalue weighted by atomic mass is 9.99. The largest absolute Gasteiger partial charge is 0.354 e. The zero-order valence-electron chi connectivity index (χ0n) is 17.4. The van der Waals surface area contributed by atoms with Gasteiger partial charge in [-0.15, -0.1) is 0 Å². The predicted molar refractivity (Wildman–Crippen MR) is 123 cm³/mol. The third-order valence-corrected chi connectivity index (χ3v) is 5.99. The summed E-state index contributed by atoms with van der Waals surface area (Å²) in [5.41, 5.74) is 3.65. The van der Waals surface area contributed by atoms with Crippen LogP contribution in [0.15, 0.2) is 55.1 Å². The molecule has 3 aromatic heterocycles. The Balaban J connectivity index is 1.41. The quantitative estimate of drug-likeness (QED) is 0.492. The van der Waals surface area contributed by atoms with Crippen LogP contribution in [0.2, 0.25) is 5.02 Å². The third kappa shape index (κ3) is 4.18. The fourth-order valence-corrected chi connectivity index (χ4v) is 4.17. The fourth-order valence-electron chi connectivity index (χ4n) is 3.95. The van der Waals surface area contributed by atoms with Gasteiger partial charge in [-0.2, -0.15) is 0 Å². The van der Waals surface area contributed by atoms with Crippen molar-refractivity contribution in [3.63, 3.8) is 0 Å². The number of halogens is 1. The van der Waals surface area contributed by atoms with Gasteiger partial charge in [0, 0.05) is 43.2 Å². The molecule has 8 heteroatoms. The van der Waals surface area contributed by atoms with E-state index in [-0.39, 0.29) is 0 Å². The molecule has 4 aromatic rings. The van der Waals surface area contributed by atoms with Crippen molar-refractivity contribution in [3.05, 3.63) is 65.7 Å². The number of imidazole rings is 1. The zero-order valence-corrected chi connectivity index (χ0v) is 18.1. The van der Waals surface area contributed by atoms with E-state index in [1.54, 1.807) is 6.20 Å². The summed E-state index contributed by atoms with van der Waals surface area (Å²) in [7, 11) is 0.